The van der Waals surface area contributed by atoms with E-state index in [-0.39, 0.29) is 11.1 Å². The first-order valence-electron chi connectivity index (χ1n) is 4.06. The molecule has 3 amide bonds. The van der Waals surface area contributed by atoms with Crippen molar-refractivity contribution in [2.75, 3.05) is 0 Å². The van der Waals surface area contributed by atoms with Gasteiger partial charge in [0.05, 0.1) is 11.1 Å². The topological polar surface area (TPSA) is 89.5 Å². The number of nitrogens with zero attached hydrogens (tertiary/aromatic N) is 1. The maximum Gasteiger partial charge on any atom is 0.280 e. The van der Waals surface area contributed by atoms with Crippen LogP contribution < -0.4 is 10.5 Å². The second kappa shape index (κ2) is 3.09. The highest BCUT2D eigenvalue weighted by molar-refractivity contribution is 6.21. The number of amides is 3. The van der Waals surface area contributed by atoms with Gasteiger partial charge in [-0.3, -0.25) is 15.0 Å². The van der Waals surface area contributed by atoms with Crippen LogP contribution in [0, 0.1) is 0 Å². The van der Waals surface area contributed by atoms with E-state index < -0.39 is 17.9 Å². The summed E-state index contributed by atoms with van der Waals surface area (Å²) in [5, 5.41) is 10.6. The Balaban J connectivity index is 2.41. The highest BCUT2D eigenvalue weighted by atomic mass is 16.4. The van der Waals surface area contributed by atoms with Crippen molar-refractivity contribution in [2.45, 2.75) is 0 Å². The smallest absolute Gasteiger partial charge is 0.280 e. The Morgan fingerprint density at radius 2 is 1.60 bits per heavy atom. The lowest BCUT2D eigenvalue weighted by molar-refractivity contribution is -0.254. The number of hydrazine groups is 1. The number of fused-ring (bicyclic) bond motifs is 1. The summed E-state index contributed by atoms with van der Waals surface area (Å²) >= 11 is 0. The molecule has 6 heteroatoms. The van der Waals surface area contributed by atoms with Crippen molar-refractivity contribution in [3.05, 3.63) is 35.4 Å². The van der Waals surface area contributed by atoms with Crippen molar-refractivity contribution in [2.24, 2.45) is 0 Å². The van der Waals surface area contributed by atoms with E-state index in [0.29, 0.717) is 5.01 Å². The molecule has 1 aliphatic rings. The van der Waals surface area contributed by atoms with Crippen LogP contribution in [-0.4, -0.2) is 22.9 Å². The minimum atomic E-state index is -1.70. The minimum Gasteiger partial charge on any atom is -0.529 e. The lowest BCUT2D eigenvalue weighted by Gasteiger charge is -2.15. The Morgan fingerprint density at radius 3 is 2.00 bits per heavy atom. The average molecular weight is 205 g/mol. The summed E-state index contributed by atoms with van der Waals surface area (Å²) in [5.74, 6) is -1.39. The van der Waals surface area contributed by atoms with Crippen molar-refractivity contribution < 1.29 is 19.5 Å². The summed E-state index contributed by atoms with van der Waals surface area (Å²) in [7, 11) is 0. The van der Waals surface area contributed by atoms with Gasteiger partial charge >= 0.3 is 0 Å². The molecule has 0 spiro atoms. The Hall–Kier alpha value is -2.37. The molecule has 0 bridgehead atoms. The van der Waals surface area contributed by atoms with E-state index in [9.17, 15) is 19.5 Å². The van der Waals surface area contributed by atoms with Crippen molar-refractivity contribution in [3.63, 3.8) is 0 Å². The third kappa shape index (κ3) is 1.32. The summed E-state index contributed by atoms with van der Waals surface area (Å²) < 4.78 is 0. The normalized spacial score (nSPS) is 14.0. The Morgan fingerprint density at radius 1 is 1.13 bits per heavy atom. The van der Waals surface area contributed by atoms with Crippen LogP contribution >= 0.6 is 0 Å². The van der Waals surface area contributed by atoms with Crippen LogP contribution in [0.4, 0.5) is 4.79 Å². The number of hydrogen-bond donors (Lipinski definition) is 1. The first-order chi connectivity index (χ1) is 7.11. The maximum atomic E-state index is 11.5. The largest absolute Gasteiger partial charge is 0.529 e. The van der Waals surface area contributed by atoms with Gasteiger partial charge in [0, 0.05) is 0 Å². The average Bonchev–Trinajstić information content (AvgIpc) is 2.44. The number of carbonyl (C=O) groups excluding carboxylic acids is 3. The van der Waals surface area contributed by atoms with E-state index in [1.807, 2.05) is 0 Å². The van der Waals surface area contributed by atoms with Crippen LogP contribution in [-0.2, 0) is 0 Å². The third-order valence-corrected chi connectivity index (χ3v) is 2.00. The maximum absolute atomic E-state index is 11.5. The molecular weight excluding hydrogens is 200 g/mol. The van der Waals surface area contributed by atoms with Crippen molar-refractivity contribution in [1.29, 1.82) is 0 Å². The van der Waals surface area contributed by atoms with Crippen molar-refractivity contribution in [1.82, 2.24) is 10.4 Å². The van der Waals surface area contributed by atoms with E-state index in [0.717, 1.165) is 0 Å². The quantitative estimate of drug-likeness (QED) is 0.603. The fourth-order valence-electron chi connectivity index (χ4n) is 1.38. The lowest BCUT2D eigenvalue weighted by Crippen LogP contribution is -2.51. The monoisotopic (exact) mass is 205 g/mol. The molecule has 0 aliphatic carbocycles. The van der Waals surface area contributed by atoms with Crippen LogP contribution in [0.25, 0.3) is 0 Å². The molecule has 0 atom stereocenters. The number of imide groups is 1. The predicted molar refractivity (Wildman–Crippen MR) is 45.5 cm³/mol. The number of nitrogens with one attached hydrogen (secondary N) is 1. The highest BCUT2D eigenvalue weighted by Gasteiger charge is 2.35. The van der Waals surface area contributed by atoms with Gasteiger partial charge in [0.15, 0.2) is 6.09 Å². The fourth-order valence-corrected chi connectivity index (χ4v) is 1.38. The first-order valence-corrected chi connectivity index (χ1v) is 4.06. The van der Waals surface area contributed by atoms with Gasteiger partial charge in [-0.15, -0.1) is 0 Å². The molecule has 2 rings (SSSR count). The van der Waals surface area contributed by atoms with Crippen molar-refractivity contribution >= 4 is 17.9 Å². The van der Waals surface area contributed by atoms with Gasteiger partial charge in [-0.25, -0.2) is 0 Å². The van der Waals surface area contributed by atoms with Crippen LogP contribution in [0.1, 0.15) is 20.7 Å². The number of carboxylic acid groups (broad SMARTS) is 1. The molecule has 76 valence electrons. The molecule has 1 aliphatic heterocycles. The first kappa shape index (κ1) is 9.20. The molecule has 1 heterocycles. The van der Waals surface area contributed by atoms with Crippen LogP contribution in [0.2, 0.25) is 0 Å². The van der Waals surface area contributed by atoms with Crippen LogP contribution in [0.15, 0.2) is 24.3 Å². The fraction of sp³-hybridized carbons (Fsp3) is 0. The van der Waals surface area contributed by atoms with Crippen LogP contribution in [0.3, 0.4) is 0 Å². The van der Waals surface area contributed by atoms with E-state index in [2.05, 4.69) is 0 Å². The molecule has 0 aromatic heterocycles. The van der Waals surface area contributed by atoms with E-state index in [1.54, 1.807) is 17.6 Å². The summed E-state index contributed by atoms with van der Waals surface area (Å²) in [5.41, 5.74) is 1.98. The molecular formula is C9H5N2O4-. The van der Waals surface area contributed by atoms with E-state index in [4.69, 9.17) is 0 Å². The van der Waals surface area contributed by atoms with Crippen molar-refractivity contribution in [3.8, 4) is 0 Å². The molecule has 0 fully saturated rings. The van der Waals surface area contributed by atoms with Gasteiger partial charge < -0.3 is 9.90 Å². The summed E-state index contributed by atoms with van der Waals surface area (Å²) in [6.45, 7) is 0. The van der Waals surface area contributed by atoms with Gasteiger partial charge in [0.2, 0.25) is 0 Å². The van der Waals surface area contributed by atoms with E-state index in [1.165, 1.54) is 12.1 Å². The molecule has 0 unspecified atom stereocenters. The van der Waals surface area contributed by atoms with Crippen LogP contribution in [0.5, 0.6) is 0 Å². The molecule has 6 nitrogen and oxygen atoms in total. The molecule has 0 radical (unpaired) electrons. The third-order valence-electron chi connectivity index (χ3n) is 2.00. The molecule has 1 aromatic carbocycles. The van der Waals surface area contributed by atoms with Gasteiger partial charge in [0.25, 0.3) is 11.8 Å². The number of hydrogen-bond acceptors (Lipinski definition) is 4. The zero-order chi connectivity index (χ0) is 11.0. The number of benzene rings is 1. The Bertz CT molecular complexity index is 434. The van der Waals surface area contributed by atoms with E-state index >= 15 is 0 Å². The lowest BCUT2D eigenvalue weighted by atomic mass is 10.1. The minimum absolute atomic E-state index is 0.177. The molecule has 0 saturated heterocycles. The Labute approximate surface area is 84.1 Å². The summed E-state index contributed by atoms with van der Waals surface area (Å²) in [6, 6.07) is 6.08. The number of carbonyl (C=O) groups is 3. The van der Waals surface area contributed by atoms with Gasteiger partial charge in [-0.2, -0.15) is 5.01 Å². The summed E-state index contributed by atoms with van der Waals surface area (Å²) in [4.78, 5) is 33.2. The molecule has 1 N–H and O–H groups in total. The SMILES string of the molecule is O=C([O-])NN1C(=O)c2ccccc2C1=O. The molecule has 0 saturated carbocycles. The zero-order valence-corrected chi connectivity index (χ0v) is 7.39. The highest BCUT2D eigenvalue weighted by Crippen LogP contribution is 2.20. The zero-order valence-electron chi connectivity index (χ0n) is 7.39. The summed E-state index contributed by atoms with van der Waals surface area (Å²) in [6.07, 6.45) is -1.70. The standard InChI is InChI=1S/C9H6N2O4/c12-7-5-3-1-2-4-6(5)8(13)11(7)10-9(14)15/h1-4,10H,(H,14,15)/p-1. The number of rotatable bonds is 1. The Kier molecular flexibility index (Phi) is 1.89. The second-order valence-corrected chi connectivity index (χ2v) is 2.89. The molecule has 15 heavy (non-hydrogen) atoms. The van der Waals surface area contributed by atoms with Gasteiger partial charge in [0.1, 0.15) is 0 Å². The predicted octanol–water partition coefficient (Wildman–Crippen LogP) is -0.870. The molecule has 1 aromatic rings. The van der Waals surface area contributed by atoms with Gasteiger partial charge in [-0.05, 0) is 12.1 Å². The second-order valence-electron chi connectivity index (χ2n) is 2.89. The van der Waals surface area contributed by atoms with Gasteiger partial charge in [-0.1, -0.05) is 12.1 Å².